The van der Waals surface area contributed by atoms with E-state index in [2.05, 4.69) is 37.3 Å². The van der Waals surface area contributed by atoms with Crippen LogP contribution in [-0.4, -0.2) is 12.6 Å². The summed E-state index contributed by atoms with van der Waals surface area (Å²) in [4.78, 5) is 0. The van der Waals surface area contributed by atoms with Crippen molar-refractivity contribution in [2.24, 2.45) is 11.5 Å². The van der Waals surface area contributed by atoms with Gasteiger partial charge < -0.3 is 11.5 Å². The van der Waals surface area contributed by atoms with Crippen LogP contribution in [0.2, 0.25) is 0 Å². The predicted octanol–water partition coefficient (Wildman–Crippen LogP) is 3.81. The van der Waals surface area contributed by atoms with Gasteiger partial charge in [-0.1, -0.05) is 75.8 Å². The van der Waals surface area contributed by atoms with Gasteiger partial charge in [0, 0.05) is 18.5 Å². The first-order valence-corrected chi connectivity index (χ1v) is 7.80. The largest absolute Gasteiger partial charge is 0.329 e. The smallest absolute Gasteiger partial charge is 0.0232 e. The van der Waals surface area contributed by atoms with Gasteiger partial charge in [-0.25, -0.2) is 0 Å². The van der Waals surface area contributed by atoms with E-state index >= 15 is 0 Å². The SMILES string of the molecule is CCCCCCCCC(c1ccccc1)[C@H](N)CN. The van der Waals surface area contributed by atoms with Crippen molar-refractivity contribution in [3.8, 4) is 0 Å². The highest BCUT2D eigenvalue weighted by Crippen LogP contribution is 2.25. The molecule has 19 heavy (non-hydrogen) atoms. The summed E-state index contributed by atoms with van der Waals surface area (Å²) in [7, 11) is 0. The van der Waals surface area contributed by atoms with Crippen molar-refractivity contribution in [3.05, 3.63) is 35.9 Å². The summed E-state index contributed by atoms with van der Waals surface area (Å²) in [5.41, 5.74) is 13.3. The Kier molecular flexibility index (Phi) is 8.52. The standard InChI is InChI=1S/C17H30N2/c1-2-3-4-5-6-10-13-16(17(19)14-18)15-11-8-7-9-12-15/h7-9,11-12,16-17H,2-6,10,13-14,18-19H2,1H3/t16?,17-/m1/s1. The van der Waals surface area contributed by atoms with Crippen molar-refractivity contribution in [1.29, 1.82) is 0 Å². The highest BCUT2D eigenvalue weighted by Gasteiger charge is 2.17. The Bertz CT molecular complexity index is 310. The van der Waals surface area contributed by atoms with Crippen LogP contribution in [0.25, 0.3) is 0 Å². The summed E-state index contributed by atoms with van der Waals surface area (Å²) in [6.45, 7) is 2.82. The van der Waals surface area contributed by atoms with Gasteiger partial charge in [0.2, 0.25) is 0 Å². The maximum absolute atomic E-state index is 6.19. The summed E-state index contributed by atoms with van der Waals surface area (Å²) in [5.74, 6) is 0.414. The van der Waals surface area contributed by atoms with Crippen molar-refractivity contribution < 1.29 is 0 Å². The first-order chi connectivity index (χ1) is 9.29. The lowest BCUT2D eigenvalue weighted by molar-refractivity contribution is 0.473. The van der Waals surface area contributed by atoms with Gasteiger partial charge in [0.25, 0.3) is 0 Å². The molecule has 1 unspecified atom stereocenters. The minimum atomic E-state index is 0.0815. The Balaban J connectivity index is 2.39. The average Bonchev–Trinajstić information content (AvgIpc) is 2.47. The molecule has 0 fully saturated rings. The van der Waals surface area contributed by atoms with Crippen LogP contribution in [-0.2, 0) is 0 Å². The summed E-state index contributed by atoms with van der Waals surface area (Å²) in [6, 6.07) is 10.7. The molecule has 0 aliphatic rings. The molecule has 1 aromatic carbocycles. The van der Waals surface area contributed by atoms with E-state index in [1.807, 2.05) is 0 Å². The number of benzene rings is 1. The first kappa shape index (κ1) is 16.2. The molecule has 0 saturated heterocycles. The molecule has 2 heteroatoms. The molecule has 0 amide bonds. The van der Waals surface area contributed by atoms with Crippen LogP contribution in [0.3, 0.4) is 0 Å². The molecule has 0 bridgehead atoms. The summed E-state index contributed by atoms with van der Waals surface area (Å²) in [5, 5.41) is 0. The second kappa shape index (κ2) is 9.99. The summed E-state index contributed by atoms with van der Waals surface area (Å²) >= 11 is 0. The fourth-order valence-corrected chi connectivity index (χ4v) is 2.64. The van der Waals surface area contributed by atoms with Gasteiger partial charge in [-0.2, -0.15) is 0 Å². The van der Waals surface area contributed by atoms with Gasteiger partial charge in [0.15, 0.2) is 0 Å². The molecule has 2 atom stereocenters. The van der Waals surface area contributed by atoms with Gasteiger partial charge >= 0.3 is 0 Å². The number of rotatable bonds is 10. The highest BCUT2D eigenvalue weighted by molar-refractivity contribution is 5.21. The first-order valence-electron chi connectivity index (χ1n) is 7.80. The third-order valence-electron chi connectivity index (χ3n) is 3.89. The molecule has 0 spiro atoms. The maximum Gasteiger partial charge on any atom is 0.0232 e. The topological polar surface area (TPSA) is 52.0 Å². The molecule has 1 aromatic rings. The van der Waals surface area contributed by atoms with Crippen LogP contribution in [0.5, 0.6) is 0 Å². The van der Waals surface area contributed by atoms with Crippen molar-refractivity contribution in [3.63, 3.8) is 0 Å². The quantitative estimate of drug-likeness (QED) is 0.630. The number of nitrogens with two attached hydrogens (primary N) is 2. The van der Waals surface area contributed by atoms with Crippen LogP contribution in [0, 0.1) is 0 Å². The Hall–Kier alpha value is -0.860. The Morgan fingerprint density at radius 2 is 1.58 bits per heavy atom. The minimum Gasteiger partial charge on any atom is -0.329 e. The number of unbranched alkanes of at least 4 members (excludes halogenated alkanes) is 5. The lowest BCUT2D eigenvalue weighted by atomic mass is 9.87. The Morgan fingerprint density at radius 1 is 0.947 bits per heavy atom. The number of hydrogen-bond donors (Lipinski definition) is 2. The molecule has 0 heterocycles. The Labute approximate surface area is 118 Å². The molecule has 0 saturated carbocycles. The average molecular weight is 262 g/mol. The van der Waals surface area contributed by atoms with Crippen LogP contribution in [0.4, 0.5) is 0 Å². The van der Waals surface area contributed by atoms with Crippen molar-refractivity contribution in [1.82, 2.24) is 0 Å². The molecule has 0 aliphatic heterocycles. The van der Waals surface area contributed by atoms with E-state index in [1.54, 1.807) is 0 Å². The van der Waals surface area contributed by atoms with E-state index < -0.39 is 0 Å². The third kappa shape index (κ3) is 6.22. The zero-order valence-corrected chi connectivity index (χ0v) is 12.4. The maximum atomic E-state index is 6.19. The second-order valence-electron chi connectivity index (χ2n) is 5.47. The van der Waals surface area contributed by atoms with Gasteiger partial charge in [0.05, 0.1) is 0 Å². The van der Waals surface area contributed by atoms with Crippen LogP contribution in [0.1, 0.15) is 63.4 Å². The van der Waals surface area contributed by atoms with E-state index in [-0.39, 0.29) is 6.04 Å². The molecular formula is C17H30N2. The van der Waals surface area contributed by atoms with E-state index in [1.165, 1.54) is 44.1 Å². The second-order valence-corrected chi connectivity index (χ2v) is 5.47. The van der Waals surface area contributed by atoms with Gasteiger partial charge in [0.1, 0.15) is 0 Å². The lowest BCUT2D eigenvalue weighted by Gasteiger charge is -2.23. The molecule has 0 radical (unpaired) electrons. The predicted molar refractivity (Wildman–Crippen MR) is 84.2 cm³/mol. The van der Waals surface area contributed by atoms with E-state index in [4.69, 9.17) is 11.5 Å². The molecular weight excluding hydrogens is 232 g/mol. The Morgan fingerprint density at radius 3 is 2.21 bits per heavy atom. The molecule has 1 rings (SSSR count). The van der Waals surface area contributed by atoms with Gasteiger partial charge in [-0.15, -0.1) is 0 Å². The van der Waals surface area contributed by atoms with E-state index in [9.17, 15) is 0 Å². The van der Waals surface area contributed by atoms with Crippen LogP contribution in [0.15, 0.2) is 30.3 Å². The monoisotopic (exact) mass is 262 g/mol. The lowest BCUT2D eigenvalue weighted by Crippen LogP contribution is -2.36. The molecule has 2 nitrogen and oxygen atoms in total. The summed E-state index contributed by atoms with van der Waals surface area (Å²) in [6.07, 6.45) is 9.14. The molecule has 0 aliphatic carbocycles. The zero-order chi connectivity index (χ0) is 13.9. The molecule has 4 N–H and O–H groups in total. The van der Waals surface area contributed by atoms with Crippen molar-refractivity contribution in [2.45, 2.75) is 63.8 Å². The van der Waals surface area contributed by atoms with E-state index in [0.717, 1.165) is 6.42 Å². The van der Waals surface area contributed by atoms with Crippen LogP contribution < -0.4 is 11.5 Å². The third-order valence-corrected chi connectivity index (χ3v) is 3.89. The highest BCUT2D eigenvalue weighted by atomic mass is 14.7. The summed E-state index contributed by atoms with van der Waals surface area (Å²) < 4.78 is 0. The van der Waals surface area contributed by atoms with E-state index in [0.29, 0.717) is 12.5 Å². The zero-order valence-electron chi connectivity index (χ0n) is 12.4. The molecule has 0 aromatic heterocycles. The van der Waals surface area contributed by atoms with Gasteiger partial charge in [-0.3, -0.25) is 0 Å². The molecule has 108 valence electrons. The fourth-order valence-electron chi connectivity index (χ4n) is 2.64. The van der Waals surface area contributed by atoms with Crippen molar-refractivity contribution >= 4 is 0 Å². The fraction of sp³-hybridized carbons (Fsp3) is 0.647. The van der Waals surface area contributed by atoms with Crippen molar-refractivity contribution in [2.75, 3.05) is 6.54 Å². The normalized spacial score (nSPS) is 14.3. The van der Waals surface area contributed by atoms with Gasteiger partial charge in [-0.05, 0) is 12.0 Å². The minimum absolute atomic E-state index is 0.0815. The van der Waals surface area contributed by atoms with Crippen LogP contribution >= 0.6 is 0 Å². The number of hydrogen-bond acceptors (Lipinski definition) is 2.